The van der Waals surface area contributed by atoms with Crippen molar-refractivity contribution in [1.82, 2.24) is 4.98 Å². The molecule has 58 valence electrons. The van der Waals surface area contributed by atoms with Gasteiger partial charge in [0, 0.05) is 6.20 Å². The standard InChI is InChI=1S/C7H8N2OS/c1-5-2-3-8-6(4-5)9-7(10)11/h2-4H,1H3,(H2,8,9,10,11). The number of nitrogens with zero attached hydrogens (tertiary/aromatic N) is 1. The predicted octanol–water partition coefficient (Wildman–Crippen LogP) is 1.85. The van der Waals surface area contributed by atoms with Crippen LogP contribution in [0.4, 0.5) is 10.6 Å². The topological polar surface area (TPSA) is 42.0 Å². The highest BCUT2D eigenvalue weighted by molar-refractivity contribution is 7.96. The quantitative estimate of drug-likeness (QED) is 0.628. The molecule has 0 radical (unpaired) electrons. The minimum Gasteiger partial charge on any atom is -0.302 e. The Labute approximate surface area is 70.2 Å². The number of thiol groups is 1. The first-order chi connectivity index (χ1) is 5.18. The van der Waals surface area contributed by atoms with Crippen molar-refractivity contribution >= 4 is 23.7 Å². The molecule has 0 atom stereocenters. The van der Waals surface area contributed by atoms with Gasteiger partial charge >= 0.3 is 0 Å². The SMILES string of the molecule is Cc1ccnc(NC(=O)S)c1. The molecule has 1 amide bonds. The summed E-state index contributed by atoms with van der Waals surface area (Å²) in [5.41, 5.74) is 1.05. The molecule has 11 heavy (non-hydrogen) atoms. The molecule has 1 rings (SSSR count). The van der Waals surface area contributed by atoms with Crippen LogP contribution >= 0.6 is 12.6 Å². The second-order valence-electron chi connectivity index (χ2n) is 2.15. The van der Waals surface area contributed by atoms with E-state index in [4.69, 9.17) is 0 Å². The third-order valence-corrected chi connectivity index (χ3v) is 1.26. The maximum absolute atomic E-state index is 10.4. The summed E-state index contributed by atoms with van der Waals surface area (Å²) in [4.78, 5) is 14.3. The number of carbonyl (C=O) groups excluding carboxylic acids is 1. The van der Waals surface area contributed by atoms with Crippen LogP contribution in [0.25, 0.3) is 0 Å². The zero-order chi connectivity index (χ0) is 8.27. The van der Waals surface area contributed by atoms with Gasteiger partial charge in [0.05, 0.1) is 0 Å². The van der Waals surface area contributed by atoms with Crippen LogP contribution in [0.2, 0.25) is 0 Å². The molecule has 0 saturated carbocycles. The molecule has 0 aliphatic carbocycles. The Morgan fingerprint density at radius 3 is 3.00 bits per heavy atom. The number of carbonyl (C=O) groups is 1. The van der Waals surface area contributed by atoms with Crippen LogP contribution in [0, 0.1) is 6.92 Å². The third-order valence-electron chi connectivity index (χ3n) is 1.15. The van der Waals surface area contributed by atoms with E-state index in [9.17, 15) is 4.79 Å². The largest absolute Gasteiger partial charge is 0.302 e. The number of anilines is 1. The number of hydrogen-bond acceptors (Lipinski definition) is 2. The van der Waals surface area contributed by atoms with Crippen LogP contribution in [0.1, 0.15) is 5.56 Å². The number of pyridine rings is 1. The number of hydrogen-bond donors (Lipinski definition) is 2. The lowest BCUT2D eigenvalue weighted by Gasteiger charge is -1.99. The van der Waals surface area contributed by atoms with Crippen molar-refractivity contribution < 1.29 is 4.79 Å². The molecule has 0 aliphatic rings. The van der Waals surface area contributed by atoms with Gasteiger partial charge in [0.1, 0.15) is 5.82 Å². The van der Waals surface area contributed by atoms with Crippen molar-refractivity contribution in [3.8, 4) is 0 Å². The van der Waals surface area contributed by atoms with E-state index in [0.29, 0.717) is 5.82 Å². The van der Waals surface area contributed by atoms with Crippen molar-refractivity contribution in [1.29, 1.82) is 0 Å². The van der Waals surface area contributed by atoms with E-state index in [-0.39, 0.29) is 0 Å². The van der Waals surface area contributed by atoms with Gasteiger partial charge in [0.25, 0.3) is 5.24 Å². The number of amides is 1. The summed E-state index contributed by atoms with van der Waals surface area (Å²) in [7, 11) is 0. The van der Waals surface area contributed by atoms with Crippen LogP contribution in [0.15, 0.2) is 18.3 Å². The Hall–Kier alpha value is -1.03. The van der Waals surface area contributed by atoms with Gasteiger partial charge in [0.15, 0.2) is 0 Å². The van der Waals surface area contributed by atoms with Gasteiger partial charge in [-0.05, 0) is 24.6 Å². The normalized spacial score (nSPS) is 9.27. The Morgan fingerprint density at radius 1 is 1.73 bits per heavy atom. The molecular weight excluding hydrogens is 160 g/mol. The lowest BCUT2D eigenvalue weighted by molar-refractivity contribution is 0.270. The fourth-order valence-electron chi connectivity index (χ4n) is 0.714. The van der Waals surface area contributed by atoms with Crippen LogP contribution in [-0.2, 0) is 0 Å². The van der Waals surface area contributed by atoms with E-state index in [0.717, 1.165) is 5.56 Å². The first-order valence-corrected chi connectivity index (χ1v) is 3.56. The zero-order valence-electron chi connectivity index (χ0n) is 6.03. The molecule has 0 saturated heterocycles. The Balaban J connectivity index is 2.79. The Bertz CT molecular complexity index is 275. The lowest BCUT2D eigenvalue weighted by atomic mass is 10.3. The number of aromatic nitrogens is 1. The highest BCUT2D eigenvalue weighted by Gasteiger charge is 1.95. The van der Waals surface area contributed by atoms with Gasteiger partial charge in [-0.3, -0.25) is 4.79 Å². The molecule has 4 heteroatoms. The maximum Gasteiger partial charge on any atom is 0.281 e. The van der Waals surface area contributed by atoms with E-state index in [2.05, 4.69) is 22.9 Å². The van der Waals surface area contributed by atoms with Gasteiger partial charge in [-0.15, -0.1) is 0 Å². The van der Waals surface area contributed by atoms with Crippen LogP contribution in [-0.4, -0.2) is 10.2 Å². The van der Waals surface area contributed by atoms with E-state index in [1.165, 1.54) is 0 Å². The molecule has 1 aromatic heterocycles. The minimum absolute atomic E-state index is 0.400. The predicted molar refractivity (Wildman–Crippen MR) is 47.0 cm³/mol. The van der Waals surface area contributed by atoms with Gasteiger partial charge in [-0.2, -0.15) is 0 Å². The lowest BCUT2D eigenvalue weighted by Crippen LogP contribution is -2.02. The van der Waals surface area contributed by atoms with Crippen molar-refractivity contribution in [3.63, 3.8) is 0 Å². The fourth-order valence-corrected chi connectivity index (χ4v) is 0.829. The Kier molecular flexibility index (Phi) is 2.48. The maximum atomic E-state index is 10.4. The monoisotopic (exact) mass is 168 g/mol. The van der Waals surface area contributed by atoms with E-state index in [1.54, 1.807) is 12.3 Å². The van der Waals surface area contributed by atoms with Gasteiger partial charge in [-0.25, -0.2) is 4.98 Å². The molecule has 1 N–H and O–H groups in total. The fraction of sp³-hybridized carbons (Fsp3) is 0.143. The van der Waals surface area contributed by atoms with Crippen molar-refractivity contribution in [2.45, 2.75) is 6.92 Å². The minimum atomic E-state index is -0.400. The summed E-state index contributed by atoms with van der Waals surface area (Å²) in [6.07, 6.45) is 1.63. The highest BCUT2D eigenvalue weighted by Crippen LogP contribution is 2.05. The molecule has 0 bridgehead atoms. The Morgan fingerprint density at radius 2 is 2.45 bits per heavy atom. The molecule has 0 spiro atoms. The average Bonchev–Trinajstić information content (AvgIpc) is 1.85. The molecule has 0 aliphatic heterocycles. The van der Waals surface area contributed by atoms with E-state index >= 15 is 0 Å². The van der Waals surface area contributed by atoms with E-state index in [1.807, 2.05) is 13.0 Å². The smallest absolute Gasteiger partial charge is 0.281 e. The molecular formula is C7H8N2OS. The second kappa shape index (κ2) is 3.39. The first-order valence-electron chi connectivity index (χ1n) is 3.11. The highest BCUT2D eigenvalue weighted by atomic mass is 32.1. The molecule has 0 unspecified atom stereocenters. The van der Waals surface area contributed by atoms with Crippen molar-refractivity contribution in [2.75, 3.05) is 5.32 Å². The third kappa shape index (κ3) is 2.59. The number of aryl methyl sites for hydroxylation is 1. The summed E-state index contributed by atoms with van der Waals surface area (Å²) >= 11 is 3.55. The van der Waals surface area contributed by atoms with Crippen LogP contribution < -0.4 is 5.32 Å². The van der Waals surface area contributed by atoms with Crippen molar-refractivity contribution in [2.24, 2.45) is 0 Å². The molecule has 0 aromatic carbocycles. The van der Waals surface area contributed by atoms with Gasteiger partial charge < -0.3 is 5.32 Å². The summed E-state index contributed by atoms with van der Waals surface area (Å²) < 4.78 is 0. The first kappa shape index (κ1) is 8.07. The van der Waals surface area contributed by atoms with Gasteiger partial charge in [-0.1, -0.05) is 12.6 Å². The van der Waals surface area contributed by atoms with E-state index < -0.39 is 5.24 Å². The number of rotatable bonds is 1. The molecule has 1 aromatic rings. The zero-order valence-corrected chi connectivity index (χ0v) is 6.93. The summed E-state index contributed by atoms with van der Waals surface area (Å²) in [6.45, 7) is 1.93. The molecule has 1 heterocycles. The summed E-state index contributed by atoms with van der Waals surface area (Å²) in [5.74, 6) is 0.532. The molecule has 3 nitrogen and oxygen atoms in total. The summed E-state index contributed by atoms with van der Waals surface area (Å²) in [6, 6.07) is 3.63. The van der Waals surface area contributed by atoms with Crippen LogP contribution in [0.3, 0.4) is 0 Å². The number of nitrogens with one attached hydrogen (secondary N) is 1. The van der Waals surface area contributed by atoms with Gasteiger partial charge in [0.2, 0.25) is 0 Å². The van der Waals surface area contributed by atoms with Crippen LogP contribution in [0.5, 0.6) is 0 Å². The van der Waals surface area contributed by atoms with Crippen molar-refractivity contribution in [3.05, 3.63) is 23.9 Å². The second-order valence-corrected chi connectivity index (χ2v) is 2.55. The summed E-state index contributed by atoms with van der Waals surface area (Å²) in [5, 5.41) is 2.06. The molecule has 0 fully saturated rings. The average molecular weight is 168 g/mol.